The van der Waals surface area contributed by atoms with Crippen molar-refractivity contribution in [1.29, 1.82) is 0 Å². The van der Waals surface area contributed by atoms with Crippen molar-refractivity contribution < 1.29 is 28.7 Å². The van der Waals surface area contributed by atoms with Gasteiger partial charge in [0.05, 0.1) is 48.4 Å². The number of nitrogens with zero attached hydrogens (tertiary/aromatic N) is 4. The molecule has 4 aromatic rings. The Hall–Kier alpha value is -4.62. The zero-order valence-corrected chi connectivity index (χ0v) is 35.2. The topological polar surface area (TPSA) is 131 Å². The SMILES string of the molecule is COC(=O)C[C@H](C(=O)N1CCC[C@H]1c1ncc(-c2ccc(-c3ccc(-c4cnc([C@@H]5CCCN5C(=O)[C@@H](NC(=O)OC)C(C)(C)C)s4)cc3)cc2)s1)C(C)(C)C. The Morgan fingerprint density at radius 1 is 0.696 bits per heavy atom. The summed E-state index contributed by atoms with van der Waals surface area (Å²) < 4.78 is 9.73. The molecule has 0 radical (unpaired) electrons. The number of nitrogens with one attached hydrogen (secondary N) is 1. The first-order chi connectivity index (χ1) is 26.6. The maximum atomic E-state index is 13.8. The monoisotopic (exact) mass is 799 g/mol. The highest BCUT2D eigenvalue weighted by Gasteiger charge is 2.42. The second kappa shape index (κ2) is 16.9. The van der Waals surface area contributed by atoms with Crippen LogP contribution < -0.4 is 5.32 Å². The van der Waals surface area contributed by atoms with E-state index < -0.39 is 23.5 Å². The standard InChI is InChI=1S/C43H53N5O6S2/c1-42(2,3)30(23-35(49)53-7)39(50)47-21-9-11-31(47)37-44-24-33(55-37)28-17-13-26(14-18-28)27-15-19-29(20-16-27)34-25-45-38(56-34)32-12-10-22-48(32)40(51)36(43(4,5)6)46-41(52)54-8/h13-20,24-25,30-32,36H,9-12,21-23H2,1-8H3,(H,46,52)/t30-,31+,32+,36-/m1/s1. The van der Waals surface area contributed by atoms with E-state index in [0.717, 1.165) is 67.7 Å². The number of thiazole rings is 2. The Kier molecular flexibility index (Phi) is 12.3. The van der Waals surface area contributed by atoms with Crippen molar-refractivity contribution in [2.75, 3.05) is 27.3 Å². The van der Waals surface area contributed by atoms with Crippen LogP contribution in [-0.4, -0.2) is 77.0 Å². The largest absolute Gasteiger partial charge is 0.469 e. The molecule has 56 heavy (non-hydrogen) atoms. The van der Waals surface area contributed by atoms with Crippen LogP contribution in [0.1, 0.15) is 95.7 Å². The third kappa shape index (κ3) is 8.99. The van der Waals surface area contributed by atoms with E-state index in [1.54, 1.807) is 22.7 Å². The molecule has 2 saturated heterocycles. The Balaban J connectivity index is 1.12. The summed E-state index contributed by atoms with van der Waals surface area (Å²) in [6.07, 6.45) is 6.65. The van der Waals surface area contributed by atoms with E-state index in [1.807, 2.05) is 63.7 Å². The highest BCUT2D eigenvalue weighted by Crippen LogP contribution is 2.42. The smallest absolute Gasteiger partial charge is 0.407 e. The predicted molar refractivity (Wildman–Crippen MR) is 220 cm³/mol. The van der Waals surface area contributed by atoms with Crippen LogP contribution in [0, 0.1) is 16.7 Å². The van der Waals surface area contributed by atoms with E-state index in [4.69, 9.17) is 19.4 Å². The lowest BCUT2D eigenvalue weighted by atomic mass is 9.77. The zero-order chi connectivity index (χ0) is 40.4. The summed E-state index contributed by atoms with van der Waals surface area (Å²) >= 11 is 3.22. The van der Waals surface area contributed by atoms with Crippen molar-refractivity contribution in [2.45, 2.75) is 91.8 Å². The van der Waals surface area contributed by atoms with Gasteiger partial charge in [0.25, 0.3) is 0 Å². The van der Waals surface area contributed by atoms with Gasteiger partial charge in [-0.1, -0.05) is 90.1 Å². The zero-order valence-electron chi connectivity index (χ0n) is 33.6. The van der Waals surface area contributed by atoms with Gasteiger partial charge in [0, 0.05) is 25.5 Å². The van der Waals surface area contributed by atoms with E-state index >= 15 is 0 Å². The Morgan fingerprint density at radius 3 is 1.55 bits per heavy atom. The number of likely N-dealkylation sites (tertiary alicyclic amines) is 2. The van der Waals surface area contributed by atoms with E-state index in [-0.39, 0.29) is 41.7 Å². The molecular weight excluding hydrogens is 747 g/mol. The highest BCUT2D eigenvalue weighted by molar-refractivity contribution is 7.15. The number of methoxy groups -OCH3 is 2. The van der Waals surface area contributed by atoms with Crippen molar-refractivity contribution >= 4 is 46.6 Å². The summed E-state index contributed by atoms with van der Waals surface area (Å²) in [6, 6.07) is 15.9. The van der Waals surface area contributed by atoms with Crippen LogP contribution in [0.2, 0.25) is 0 Å². The van der Waals surface area contributed by atoms with E-state index in [0.29, 0.717) is 13.1 Å². The summed E-state index contributed by atoms with van der Waals surface area (Å²) in [6.45, 7) is 13.1. The summed E-state index contributed by atoms with van der Waals surface area (Å²) in [5.41, 5.74) is 3.43. The quantitative estimate of drug-likeness (QED) is 0.158. The average molecular weight is 800 g/mol. The first kappa shape index (κ1) is 41.0. The van der Waals surface area contributed by atoms with Crippen LogP contribution in [0.25, 0.3) is 32.0 Å². The summed E-state index contributed by atoms with van der Waals surface area (Å²) in [7, 11) is 2.66. The molecule has 2 aliphatic heterocycles. The van der Waals surface area contributed by atoms with Crippen molar-refractivity contribution in [1.82, 2.24) is 25.1 Å². The maximum absolute atomic E-state index is 13.8. The molecular formula is C43H53N5O6S2. The first-order valence-corrected chi connectivity index (χ1v) is 20.9. The highest BCUT2D eigenvalue weighted by atomic mass is 32.1. The van der Waals surface area contributed by atoms with Crippen molar-refractivity contribution in [3.8, 4) is 32.0 Å². The lowest BCUT2D eigenvalue weighted by Gasteiger charge is -2.34. The fourth-order valence-corrected chi connectivity index (χ4v) is 9.73. The first-order valence-electron chi connectivity index (χ1n) is 19.2. The predicted octanol–water partition coefficient (Wildman–Crippen LogP) is 8.92. The summed E-state index contributed by atoms with van der Waals surface area (Å²) in [4.78, 5) is 67.3. The molecule has 298 valence electrons. The van der Waals surface area contributed by atoms with Gasteiger partial charge in [-0.3, -0.25) is 14.4 Å². The van der Waals surface area contributed by atoms with E-state index in [9.17, 15) is 19.2 Å². The van der Waals surface area contributed by atoms with Crippen LogP contribution >= 0.6 is 22.7 Å². The molecule has 11 nitrogen and oxygen atoms in total. The number of hydrogen-bond donors (Lipinski definition) is 1. The number of aromatic nitrogens is 2. The number of amides is 3. The van der Waals surface area contributed by atoms with Crippen LogP contribution in [0.15, 0.2) is 60.9 Å². The number of rotatable bonds is 10. The summed E-state index contributed by atoms with van der Waals surface area (Å²) in [5, 5.41) is 4.56. The average Bonchev–Trinajstić information content (AvgIpc) is 4.01. The molecule has 2 aromatic heterocycles. The molecule has 2 aliphatic rings. The van der Waals surface area contributed by atoms with E-state index in [1.165, 1.54) is 14.2 Å². The number of carbonyl (C=O) groups excluding carboxylic acids is 4. The molecule has 4 heterocycles. The lowest BCUT2D eigenvalue weighted by Crippen LogP contribution is -2.54. The Morgan fingerprint density at radius 2 is 1.14 bits per heavy atom. The molecule has 4 atom stereocenters. The minimum absolute atomic E-state index is 0.0126. The van der Waals surface area contributed by atoms with Crippen LogP contribution in [0.3, 0.4) is 0 Å². The second-order valence-corrected chi connectivity index (χ2v) is 18.9. The number of esters is 1. The lowest BCUT2D eigenvalue weighted by molar-refractivity contribution is -0.150. The molecule has 6 rings (SSSR count). The Labute approximate surface area is 337 Å². The van der Waals surface area contributed by atoms with Gasteiger partial charge in [-0.2, -0.15) is 0 Å². The third-order valence-electron chi connectivity index (χ3n) is 10.9. The number of ether oxygens (including phenoxy) is 2. The minimum atomic E-state index is -0.719. The Bertz CT molecular complexity index is 1880. The molecule has 0 saturated carbocycles. The van der Waals surface area contributed by atoms with Gasteiger partial charge in [0.15, 0.2) is 0 Å². The molecule has 2 aromatic carbocycles. The summed E-state index contributed by atoms with van der Waals surface area (Å²) in [5.74, 6) is -0.976. The molecule has 13 heteroatoms. The normalized spacial score (nSPS) is 18.4. The van der Waals surface area contributed by atoms with Gasteiger partial charge in [0.1, 0.15) is 16.1 Å². The van der Waals surface area contributed by atoms with Gasteiger partial charge in [0.2, 0.25) is 11.8 Å². The van der Waals surface area contributed by atoms with Crippen LogP contribution in [0.5, 0.6) is 0 Å². The van der Waals surface area contributed by atoms with Gasteiger partial charge >= 0.3 is 12.1 Å². The molecule has 0 spiro atoms. The molecule has 1 N–H and O–H groups in total. The third-order valence-corrected chi connectivity index (χ3v) is 13.2. The van der Waals surface area contributed by atoms with Gasteiger partial charge in [-0.25, -0.2) is 14.8 Å². The molecule has 0 unspecified atom stereocenters. The van der Waals surface area contributed by atoms with Crippen LogP contribution in [-0.2, 0) is 23.9 Å². The van der Waals surface area contributed by atoms with Crippen molar-refractivity contribution in [3.63, 3.8) is 0 Å². The van der Waals surface area contributed by atoms with Gasteiger partial charge < -0.3 is 24.6 Å². The molecule has 0 aliphatic carbocycles. The molecule has 0 bridgehead atoms. The second-order valence-electron chi connectivity index (χ2n) is 16.8. The number of benzene rings is 2. The van der Waals surface area contributed by atoms with E-state index in [2.05, 4.69) is 53.8 Å². The van der Waals surface area contributed by atoms with Crippen molar-refractivity contribution in [2.24, 2.45) is 16.7 Å². The molecule has 3 amide bonds. The van der Waals surface area contributed by atoms with Gasteiger partial charge in [-0.15, -0.1) is 22.7 Å². The number of carbonyl (C=O) groups is 4. The fourth-order valence-electron chi connectivity index (χ4n) is 7.58. The van der Waals surface area contributed by atoms with Crippen molar-refractivity contribution in [3.05, 3.63) is 70.9 Å². The minimum Gasteiger partial charge on any atom is -0.469 e. The number of alkyl carbamates (subject to hydrolysis) is 1. The fraction of sp³-hybridized carbons (Fsp3) is 0.488. The van der Waals surface area contributed by atoms with Gasteiger partial charge in [-0.05, 0) is 58.8 Å². The molecule has 2 fully saturated rings. The number of hydrogen-bond acceptors (Lipinski definition) is 10. The van der Waals surface area contributed by atoms with Crippen LogP contribution in [0.4, 0.5) is 4.79 Å². The maximum Gasteiger partial charge on any atom is 0.407 e.